The molecule has 1 aromatic rings. The Labute approximate surface area is 112 Å². The predicted octanol–water partition coefficient (Wildman–Crippen LogP) is 3.36. The molecule has 0 radical (unpaired) electrons. The van der Waals surface area contributed by atoms with E-state index >= 15 is 0 Å². The van der Waals surface area contributed by atoms with E-state index in [1.807, 2.05) is 12.1 Å². The fraction of sp³-hybridized carbons (Fsp3) is 0.538. The van der Waals surface area contributed by atoms with Crippen molar-refractivity contribution in [1.82, 2.24) is 5.32 Å². The largest absolute Gasteiger partial charge is 0.493 e. The standard InChI is InChI=1S/C13H20BrNO2/c1-4-5-8-15-9-10-11(14)6-7-12(16-2)13(10)17-3/h6-7,15H,4-5,8-9H2,1-3H3. The summed E-state index contributed by atoms with van der Waals surface area (Å²) in [6.07, 6.45) is 2.38. The third-order valence-corrected chi connectivity index (χ3v) is 3.34. The molecule has 1 N–H and O–H groups in total. The Morgan fingerprint density at radius 1 is 1.24 bits per heavy atom. The van der Waals surface area contributed by atoms with Crippen LogP contribution >= 0.6 is 15.9 Å². The first-order chi connectivity index (χ1) is 8.24. The molecule has 3 nitrogen and oxygen atoms in total. The molecule has 0 heterocycles. The van der Waals surface area contributed by atoms with Crippen molar-refractivity contribution in [2.75, 3.05) is 20.8 Å². The molecule has 0 aliphatic rings. The molecule has 0 fully saturated rings. The fourth-order valence-electron chi connectivity index (χ4n) is 1.65. The lowest BCUT2D eigenvalue weighted by molar-refractivity contribution is 0.350. The zero-order valence-electron chi connectivity index (χ0n) is 10.7. The minimum Gasteiger partial charge on any atom is -0.493 e. The quantitative estimate of drug-likeness (QED) is 0.784. The van der Waals surface area contributed by atoms with Crippen LogP contribution in [0, 0.1) is 0 Å². The van der Waals surface area contributed by atoms with Crippen molar-refractivity contribution >= 4 is 15.9 Å². The summed E-state index contributed by atoms with van der Waals surface area (Å²) in [5.74, 6) is 1.56. The molecule has 0 amide bonds. The molecule has 0 saturated carbocycles. The second-order valence-electron chi connectivity index (χ2n) is 3.79. The molecule has 1 rings (SSSR count). The second-order valence-corrected chi connectivity index (χ2v) is 4.65. The smallest absolute Gasteiger partial charge is 0.166 e. The van der Waals surface area contributed by atoms with Crippen molar-refractivity contribution in [2.45, 2.75) is 26.3 Å². The summed E-state index contributed by atoms with van der Waals surface area (Å²) in [5.41, 5.74) is 1.10. The van der Waals surface area contributed by atoms with Crippen LogP contribution in [-0.4, -0.2) is 20.8 Å². The Bertz CT molecular complexity index is 356. The van der Waals surface area contributed by atoms with Crippen LogP contribution < -0.4 is 14.8 Å². The summed E-state index contributed by atoms with van der Waals surface area (Å²) in [6.45, 7) is 3.98. The Morgan fingerprint density at radius 2 is 2.00 bits per heavy atom. The summed E-state index contributed by atoms with van der Waals surface area (Å²) in [6, 6.07) is 3.89. The van der Waals surface area contributed by atoms with E-state index in [-0.39, 0.29) is 0 Å². The lowest BCUT2D eigenvalue weighted by Crippen LogP contribution is -2.15. The summed E-state index contributed by atoms with van der Waals surface area (Å²) in [4.78, 5) is 0. The van der Waals surface area contributed by atoms with Crippen molar-refractivity contribution in [3.8, 4) is 11.5 Å². The van der Waals surface area contributed by atoms with Gasteiger partial charge in [-0.25, -0.2) is 0 Å². The Kier molecular flexibility index (Phi) is 6.37. The third-order valence-electron chi connectivity index (χ3n) is 2.60. The maximum absolute atomic E-state index is 5.41. The molecule has 4 heteroatoms. The molecule has 0 spiro atoms. The monoisotopic (exact) mass is 301 g/mol. The summed E-state index contributed by atoms with van der Waals surface area (Å²) in [5, 5.41) is 3.40. The highest BCUT2D eigenvalue weighted by atomic mass is 79.9. The molecule has 1 aromatic carbocycles. The van der Waals surface area contributed by atoms with Gasteiger partial charge >= 0.3 is 0 Å². The van der Waals surface area contributed by atoms with Crippen LogP contribution in [0.5, 0.6) is 11.5 Å². The number of halogens is 1. The van der Waals surface area contributed by atoms with Crippen LogP contribution in [0.1, 0.15) is 25.3 Å². The highest BCUT2D eigenvalue weighted by Gasteiger charge is 2.12. The van der Waals surface area contributed by atoms with Gasteiger partial charge in [0.05, 0.1) is 14.2 Å². The molecule has 0 aliphatic heterocycles. The van der Waals surface area contributed by atoms with Gasteiger partial charge in [-0.3, -0.25) is 0 Å². The average molecular weight is 302 g/mol. The van der Waals surface area contributed by atoms with E-state index in [4.69, 9.17) is 9.47 Å². The SMILES string of the molecule is CCCCNCc1c(Br)ccc(OC)c1OC. The lowest BCUT2D eigenvalue weighted by atomic mass is 10.2. The number of hydrogen-bond donors (Lipinski definition) is 1. The molecular formula is C13H20BrNO2. The lowest BCUT2D eigenvalue weighted by Gasteiger charge is -2.14. The van der Waals surface area contributed by atoms with Crippen LogP contribution in [0.25, 0.3) is 0 Å². The van der Waals surface area contributed by atoms with E-state index in [0.29, 0.717) is 0 Å². The molecule has 0 aromatic heterocycles. The van der Waals surface area contributed by atoms with Crippen molar-refractivity contribution in [2.24, 2.45) is 0 Å². The van der Waals surface area contributed by atoms with Gasteiger partial charge in [-0.2, -0.15) is 0 Å². The van der Waals surface area contributed by atoms with Crippen molar-refractivity contribution in [3.63, 3.8) is 0 Å². The van der Waals surface area contributed by atoms with Gasteiger partial charge < -0.3 is 14.8 Å². The second kappa shape index (κ2) is 7.56. The number of methoxy groups -OCH3 is 2. The van der Waals surface area contributed by atoms with E-state index < -0.39 is 0 Å². The van der Waals surface area contributed by atoms with Gasteiger partial charge in [0, 0.05) is 16.6 Å². The number of unbranched alkanes of at least 4 members (excludes halogenated alkanes) is 1. The van der Waals surface area contributed by atoms with Crippen LogP contribution in [0.4, 0.5) is 0 Å². The van der Waals surface area contributed by atoms with Crippen LogP contribution in [0.15, 0.2) is 16.6 Å². The van der Waals surface area contributed by atoms with E-state index in [0.717, 1.165) is 34.6 Å². The summed E-state index contributed by atoms with van der Waals surface area (Å²) >= 11 is 3.54. The molecule has 0 bridgehead atoms. The number of benzene rings is 1. The van der Waals surface area contributed by atoms with Crippen LogP contribution in [0.3, 0.4) is 0 Å². The van der Waals surface area contributed by atoms with E-state index in [2.05, 4.69) is 28.2 Å². The summed E-state index contributed by atoms with van der Waals surface area (Å²) in [7, 11) is 3.32. The first-order valence-electron chi connectivity index (χ1n) is 5.84. The molecular weight excluding hydrogens is 282 g/mol. The van der Waals surface area contributed by atoms with Gasteiger partial charge in [-0.05, 0) is 25.1 Å². The number of rotatable bonds is 7. The van der Waals surface area contributed by atoms with Crippen molar-refractivity contribution in [3.05, 3.63) is 22.2 Å². The third kappa shape index (κ3) is 3.89. The predicted molar refractivity (Wildman–Crippen MR) is 73.9 cm³/mol. The Balaban J connectivity index is 2.80. The fourth-order valence-corrected chi connectivity index (χ4v) is 2.10. The maximum Gasteiger partial charge on any atom is 0.166 e. The Hall–Kier alpha value is -0.740. The van der Waals surface area contributed by atoms with Gasteiger partial charge in [-0.15, -0.1) is 0 Å². The normalized spacial score (nSPS) is 10.4. The van der Waals surface area contributed by atoms with Crippen molar-refractivity contribution < 1.29 is 9.47 Å². The molecule has 0 aliphatic carbocycles. The number of ether oxygens (including phenoxy) is 2. The van der Waals surface area contributed by atoms with E-state index in [1.54, 1.807) is 14.2 Å². The van der Waals surface area contributed by atoms with Gasteiger partial charge in [0.1, 0.15) is 0 Å². The molecule has 96 valence electrons. The first kappa shape index (κ1) is 14.3. The topological polar surface area (TPSA) is 30.5 Å². The number of nitrogens with one attached hydrogen (secondary N) is 1. The minimum absolute atomic E-state index is 0.767. The zero-order valence-corrected chi connectivity index (χ0v) is 12.3. The molecule has 17 heavy (non-hydrogen) atoms. The summed E-state index contributed by atoms with van der Waals surface area (Å²) < 4.78 is 11.7. The highest BCUT2D eigenvalue weighted by molar-refractivity contribution is 9.10. The molecule has 0 saturated heterocycles. The minimum atomic E-state index is 0.767. The highest BCUT2D eigenvalue weighted by Crippen LogP contribution is 2.35. The van der Waals surface area contributed by atoms with Gasteiger partial charge in [0.2, 0.25) is 0 Å². The van der Waals surface area contributed by atoms with Gasteiger partial charge in [0.25, 0.3) is 0 Å². The van der Waals surface area contributed by atoms with Crippen LogP contribution in [0.2, 0.25) is 0 Å². The van der Waals surface area contributed by atoms with Crippen molar-refractivity contribution in [1.29, 1.82) is 0 Å². The van der Waals surface area contributed by atoms with Gasteiger partial charge in [0.15, 0.2) is 11.5 Å². The average Bonchev–Trinajstić information content (AvgIpc) is 2.35. The first-order valence-corrected chi connectivity index (χ1v) is 6.64. The zero-order chi connectivity index (χ0) is 12.7. The Morgan fingerprint density at radius 3 is 2.59 bits per heavy atom. The number of hydrogen-bond acceptors (Lipinski definition) is 3. The molecule has 0 atom stereocenters. The molecule has 0 unspecified atom stereocenters. The van der Waals surface area contributed by atoms with Crippen LogP contribution in [-0.2, 0) is 6.54 Å². The maximum atomic E-state index is 5.41. The van der Waals surface area contributed by atoms with E-state index in [9.17, 15) is 0 Å². The van der Waals surface area contributed by atoms with Gasteiger partial charge in [-0.1, -0.05) is 29.3 Å². The van der Waals surface area contributed by atoms with E-state index in [1.165, 1.54) is 12.8 Å².